The number of furan rings is 1. The minimum absolute atomic E-state index is 0.182. The van der Waals surface area contributed by atoms with Crippen molar-refractivity contribution in [3.05, 3.63) is 59.3 Å². The standard InChI is InChI=1S/C16H12ClN3O3/c17-10-1-6-13-9(7-10)8-14(23-13)15(21)19-11-2-4-12(5-3-11)20-16(18)22/h1-8H,(H,19,21)(H3,18,20,22). The second-order valence-corrected chi connectivity index (χ2v) is 5.25. The van der Waals surface area contributed by atoms with Crippen LogP contribution in [0.15, 0.2) is 52.9 Å². The first-order valence-electron chi connectivity index (χ1n) is 6.68. The number of carbonyl (C=O) groups excluding carboxylic acids is 2. The summed E-state index contributed by atoms with van der Waals surface area (Å²) in [5, 5.41) is 6.47. The van der Waals surface area contributed by atoms with Gasteiger partial charge in [-0.15, -0.1) is 0 Å². The molecular weight excluding hydrogens is 318 g/mol. The van der Waals surface area contributed by atoms with E-state index in [2.05, 4.69) is 10.6 Å². The van der Waals surface area contributed by atoms with Gasteiger partial charge in [-0.25, -0.2) is 4.79 Å². The maximum Gasteiger partial charge on any atom is 0.316 e. The fourth-order valence-corrected chi connectivity index (χ4v) is 2.28. The van der Waals surface area contributed by atoms with Gasteiger partial charge in [0.15, 0.2) is 5.76 Å². The summed E-state index contributed by atoms with van der Waals surface area (Å²) in [7, 11) is 0. The number of fused-ring (bicyclic) bond motifs is 1. The van der Waals surface area contributed by atoms with Crippen LogP contribution < -0.4 is 16.4 Å². The number of hydrogen-bond acceptors (Lipinski definition) is 3. The summed E-state index contributed by atoms with van der Waals surface area (Å²) in [5.41, 5.74) is 6.70. The van der Waals surface area contributed by atoms with E-state index >= 15 is 0 Å². The second kappa shape index (κ2) is 6.02. The van der Waals surface area contributed by atoms with Gasteiger partial charge >= 0.3 is 6.03 Å². The molecule has 0 saturated carbocycles. The zero-order valence-corrected chi connectivity index (χ0v) is 12.6. The highest BCUT2D eigenvalue weighted by Gasteiger charge is 2.12. The van der Waals surface area contributed by atoms with Crippen molar-refractivity contribution in [2.75, 3.05) is 10.6 Å². The molecule has 0 spiro atoms. The van der Waals surface area contributed by atoms with E-state index in [9.17, 15) is 9.59 Å². The molecule has 3 rings (SSSR count). The highest BCUT2D eigenvalue weighted by atomic mass is 35.5. The number of nitrogens with one attached hydrogen (secondary N) is 2. The lowest BCUT2D eigenvalue weighted by atomic mass is 10.2. The van der Waals surface area contributed by atoms with Crippen molar-refractivity contribution in [1.82, 2.24) is 0 Å². The molecule has 0 aliphatic carbocycles. The number of urea groups is 1. The number of carbonyl (C=O) groups is 2. The van der Waals surface area contributed by atoms with Crippen molar-refractivity contribution in [3.8, 4) is 0 Å². The van der Waals surface area contributed by atoms with Crippen LogP contribution in [0.3, 0.4) is 0 Å². The van der Waals surface area contributed by atoms with E-state index in [0.717, 1.165) is 5.39 Å². The number of benzene rings is 2. The Labute approximate surface area is 136 Å². The number of nitrogens with two attached hydrogens (primary N) is 1. The van der Waals surface area contributed by atoms with Gasteiger partial charge in [0.1, 0.15) is 5.58 Å². The van der Waals surface area contributed by atoms with Gasteiger partial charge in [0.25, 0.3) is 5.91 Å². The lowest BCUT2D eigenvalue weighted by molar-refractivity contribution is 0.0998. The van der Waals surface area contributed by atoms with Crippen molar-refractivity contribution in [3.63, 3.8) is 0 Å². The topological polar surface area (TPSA) is 97.4 Å². The van der Waals surface area contributed by atoms with E-state index in [1.54, 1.807) is 48.5 Å². The Morgan fingerprint density at radius 3 is 2.26 bits per heavy atom. The third-order valence-electron chi connectivity index (χ3n) is 3.11. The molecule has 3 aromatic rings. The molecule has 4 N–H and O–H groups in total. The Bertz CT molecular complexity index is 887. The molecule has 7 heteroatoms. The quantitative estimate of drug-likeness (QED) is 0.681. The first-order valence-corrected chi connectivity index (χ1v) is 7.06. The van der Waals surface area contributed by atoms with Crippen LogP contribution in [-0.2, 0) is 0 Å². The molecule has 0 aliphatic heterocycles. The number of rotatable bonds is 3. The normalized spacial score (nSPS) is 10.5. The SMILES string of the molecule is NC(=O)Nc1ccc(NC(=O)c2cc3cc(Cl)ccc3o2)cc1. The van der Waals surface area contributed by atoms with Crippen LogP contribution in [0.5, 0.6) is 0 Å². The Morgan fingerprint density at radius 2 is 1.61 bits per heavy atom. The second-order valence-electron chi connectivity index (χ2n) is 4.81. The van der Waals surface area contributed by atoms with Crippen LogP contribution >= 0.6 is 11.6 Å². The zero-order valence-electron chi connectivity index (χ0n) is 11.8. The molecule has 2 aromatic carbocycles. The van der Waals surface area contributed by atoms with Crippen LogP contribution in [-0.4, -0.2) is 11.9 Å². The van der Waals surface area contributed by atoms with Crippen molar-refractivity contribution >= 4 is 45.9 Å². The summed E-state index contributed by atoms with van der Waals surface area (Å²) < 4.78 is 5.49. The van der Waals surface area contributed by atoms with E-state index in [-0.39, 0.29) is 11.7 Å². The summed E-state index contributed by atoms with van der Waals surface area (Å²) in [6.07, 6.45) is 0. The summed E-state index contributed by atoms with van der Waals surface area (Å²) in [5.74, 6) is -0.200. The number of hydrogen-bond donors (Lipinski definition) is 3. The Balaban J connectivity index is 1.76. The minimum Gasteiger partial charge on any atom is -0.451 e. The van der Waals surface area contributed by atoms with Crippen molar-refractivity contribution in [2.45, 2.75) is 0 Å². The Hall–Kier alpha value is -2.99. The molecule has 3 amide bonds. The largest absolute Gasteiger partial charge is 0.451 e. The molecule has 1 heterocycles. The smallest absolute Gasteiger partial charge is 0.316 e. The van der Waals surface area contributed by atoms with Crippen LogP contribution in [0.4, 0.5) is 16.2 Å². The molecule has 0 unspecified atom stereocenters. The molecule has 0 atom stereocenters. The van der Waals surface area contributed by atoms with Crippen molar-refractivity contribution in [2.24, 2.45) is 5.73 Å². The number of halogens is 1. The van der Waals surface area contributed by atoms with E-state index < -0.39 is 6.03 Å². The van der Waals surface area contributed by atoms with Gasteiger partial charge in [-0.1, -0.05) is 11.6 Å². The van der Waals surface area contributed by atoms with Gasteiger partial charge in [-0.2, -0.15) is 0 Å². The zero-order chi connectivity index (χ0) is 16.4. The van der Waals surface area contributed by atoms with Gasteiger partial charge < -0.3 is 20.8 Å². The summed E-state index contributed by atoms with van der Waals surface area (Å²) >= 11 is 5.91. The highest BCUT2D eigenvalue weighted by molar-refractivity contribution is 6.31. The molecule has 0 saturated heterocycles. The van der Waals surface area contributed by atoms with Crippen molar-refractivity contribution in [1.29, 1.82) is 0 Å². The fraction of sp³-hybridized carbons (Fsp3) is 0. The summed E-state index contributed by atoms with van der Waals surface area (Å²) in [6.45, 7) is 0. The van der Waals surface area contributed by atoms with Gasteiger partial charge in [-0.05, 0) is 48.5 Å². The van der Waals surface area contributed by atoms with Crippen LogP contribution in [0.25, 0.3) is 11.0 Å². The third kappa shape index (κ3) is 3.44. The molecule has 0 aliphatic rings. The Kier molecular flexibility index (Phi) is 3.91. The fourth-order valence-electron chi connectivity index (χ4n) is 2.10. The van der Waals surface area contributed by atoms with Gasteiger partial charge in [0, 0.05) is 21.8 Å². The van der Waals surface area contributed by atoms with E-state index in [1.807, 2.05) is 0 Å². The number of anilines is 2. The number of amides is 3. The number of primary amides is 1. The predicted octanol–water partition coefficient (Wildman–Crippen LogP) is 3.83. The summed E-state index contributed by atoms with van der Waals surface area (Å²) in [4.78, 5) is 22.9. The van der Waals surface area contributed by atoms with E-state index in [1.165, 1.54) is 0 Å². The molecule has 6 nitrogen and oxygen atoms in total. The summed E-state index contributed by atoms with van der Waals surface area (Å²) in [6, 6.07) is 12.6. The highest BCUT2D eigenvalue weighted by Crippen LogP contribution is 2.24. The Morgan fingerprint density at radius 1 is 0.957 bits per heavy atom. The molecular formula is C16H12ClN3O3. The average Bonchev–Trinajstić information content (AvgIpc) is 2.92. The van der Waals surface area contributed by atoms with Crippen molar-refractivity contribution < 1.29 is 14.0 Å². The van der Waals surface area contributed by atoms with E-state index in [0.29, 0.717) is 22.0 Å². The minimum atomic E-state index is -0.650. The average molecular weight is 330 g/mol. The van der Waals surface area contributed by atoms with Gasteiger partial charge in [0.2, 0.25) is 0 Å². The first-order chi connectivity index (χ1) is 11.0. The lowest BCUT2D eigenvalue weighted by Gasteiger charge is -2.05. The third-order valence-corrected chi connectivity index (χ3v) is 3.35. The molecule has 1 aromatic heterocycles. The van der Waals surface area contributed by atoms with Crippen LogP contribution in [0.2, 0.25) is 5.02 Å². The lowest BCUT2D eigenvalue weighted by Crippen LogP contribution is -2.19. The van der Waals surface area contributed by atoms with Crippen LogP contribution in [0, 0.1) is 0 Å². The predicted molar refractivity (Wildman–Crippen MR) is 88.8 cm³/mol. The molecule has 0 radical (unpaired) electrons. The molecule has 0 bridgehead atoms. The molecule has 23 heavy (non-hydrogen) atoms. The first kappa shape index (κ1) is 14.9. The molecule has 116 valence electrons. The van der Waals surface area contributed by atoms with E-state index in [4.69, 9.17) is 21.8 Å². The van der Waals surface area contributed by atoms with Crippen LogP contribution in [0.1, 0.15) is 10.6 Å². The maximum absolute atomic E-state index is 12.2. The molecule has 0 fully saturated rings. The maximum atomic E-state index is 12.2. The van der Waals surface area contributed by atoms with Gasteiger partial charge in [0.05, 0.1) is 0 Å². The monoisotopic (exact) mass is 329 g/mol. The van der Waals surface area contributed by atoms with Gasteiger partial charge in [-0.3, -0.25) is 4.79 Å².